The van der Waals surface area contributed by atoms with Crippen molar-refractivity contribution in [2.45, 2.75) is 0 Å². The number of carbonyl (C=O) groups excluding carboxylic acids is 1. The van der Waals surface area contributed by atoms with Gasteiger partial charge in [0.05, 0.1) is 0 Å². The fourth-order valence-electron chi connectivity index (χ4n) is 2.05. The molecule has 3 rings (SSSR count). The van der Waals surface area contributed by atoms with E-state index in [4.69, 9.17) is 11.6 Å². The van der Waals surface area contributed by atoms with E-state index in [1.807, 2.05) is 0 Å². The summed E-state index contributed by atoms with van der Waals surface area (Å²) in [5.74, 6) is -0.158. The number of rotatable bonds is 3. The van der Waals surface area contributed by atoms with E-state index in [9.17, 15) is 14.7 Å². The molecule has 0 radical (unpaired) electrons. The first kappa shape index (κ1) is 15.8. The number of aromatic nitrogens is 2. The Morgan fingerprint density at radius 2 is 1.75 bits per heavy atom. The largest absolute Gasteiger partial charge is 0.508 e. The zero-order chi connectivity index (χ0) is 17.1. The molecule has 0 saturated heterocycles. The van der Waals surface area contributed by atoms with Gasteiger partial charge < -0.3 is 15.4 Å². The Labute approximate surface area is 141 Å². The molecule has 120 valence electrons. The van der Waals surface area contributed by atoms with Gasteiger partial charge in [-0.1, -0.05) is 11.6 Å². The molecule has 1 amide bonds. The van der Waals surface area contributed by atoms with Crippen molar-refractivity contribution < 1.29 is 9.90 Å². The van der Waals surface area contributed by atoms with E-state index < -0.39 is 11.5 Å². The van der Waals surface area contributed by atoms with Gasteiger partial charge in [-0.2, -0.15) is 0 Å². The number of halogens is 1. The van der Waals surface area contributed by atoms with Gasteiger partial charge in [0.15, 0.2) is 0 Å². The van der Waals surface area contributed by atoms with Crippen molar-refractivity contribution in [2.75, 3.05) is 5.32 Å². The van der Waals surface area contributed by atoms with Gasteiger partial charge in [-0.25, -0.2) is 4.98 Å². The van der Waals surface area contributed by atoms with E-state index in [1.165, 1.54) is 30.5 Å². The third-order valence-electron chi connectivity index (χ3n) is 3.29. The van der Waals surface area contributed by atoms with Crippen LogP contribution in [0.5, 0.6) is 5.75 Å². The summed E-state index contributed by atoms with van der Waals surface area (Å²) in [7, 11) is 0. The van der Waals surface area contributed by atoms with Gasteiger partial charge in [0.25, 0.3) is 11.5 Å². The molecule has 0 fully saturated rings. The van der Waals surface area contributed by atoms with Crippen LogP contribution in [0.3, 0.4) is 0 Å². The molecule has 0 aliphatic heterocycles. The van der Waals surface area contributed by atoms with E-state index in [0.717, 1.165) is 0 Å². The molecular weight excluding hydrogens is 330 g/mol. The number of aromatic hydroxyl groups is 1. The lowest BCUT2D eigenvalue weighted by molar-refractivity contribution is 0.102. The third kappa shape index (κ3) is 3.44. The van der Waals surface area contributed by atoms with E-state index in [-0.39, 0.29) is 11.3 Å². The second-order valence-electron chi connectivity index (χ2n) is 4.98. The summed E-state index contributed by atoms with van der Waals surface area (Å²) in [6.45, 7) is 0. The van der Waals surface area contributed by atoms with Crippen LogP contribution in [0.15, 0.2) is 59.5 Å². The summed E-state index contributed by atoms with van der Waals surface area (Å²) >= 11 is 5.82. The van der Waals surface area contributed by atoms with Crippen LogP contribution >= 0.6 is 11.6 Å². The Morgan fingerprint density at radius 3 is 2.38 bits per heavy atom. The minimum Gasteiger partial charge on any atom is -0.508 e. The van der Waals surface area contributed by atoms with Gasteiger partial charge >= 0.3 is 0 Å². The van der Waals surface area contributed by atoms with Gasteiger partial charge in [-0.05, 0) is 48.5 Å². The van der Waals surface area contributed by atoms with Gasteiger partial charge in [0, 0.05) is 22.5 Å². The number of H-pyrrole nitrogens is 1. The van der Waals surface area contributed by atoms with Crippen LogP contribution < -0.4 is 10.9 Å². The highest BCUT2D eigenvalue weighted by atomic mass is 35.5. The number of hydrogen-bond donors (Lipinski definition) is 3. The lowest BCUT2D eigenvalue weighted by Gasteiger charge is -2.06. The summed E-state index contributed by atoms with van der Waals surface area (Å²) in [5, 5.41) is 12.4. The molecule has 0 unspecified atom stereocenters. The van der Waals surface area contributed by atoms with Gasteiger partial charge in [0.1, 0.15) is 17.1 Å². The molecule has 0 aliphatic carbocycles. The van der Waals surface area contributed by atoms with Crippen LogP contribution in [0.4, 0.5) is 5.69 Å². The first-order valence-electron chi connectivity index (χ1n) is 6.98. The predicted molar refractivity (Wildman–Crippen MR) is 91.4 cm³/mol. The van der Waals surface area contributed by atoms with Crippen molar-refractivity contribution in [2.24, 2.45) is 0 Å². The van der Waals surface area contributed by atoms with Crippen molar-refractivity contribution >= 4 is 23.2 Å². The Kier molecular flexibility index (Phi) is 4.31. The van der Waals surface area contributed by atoms with Gasteiger partial charge in [-0.3, -0.25) is 9.59 Å². The van der Waals surface area contributed by atoms with Crippen LogP contribution in [0.2, 0.25) is 5.02 Å². The monoisotopic (exact) mass is 341 g/mol. The first-order valence-corrected chi connectivity index (χ1v) is 7.36. The lowest BCUT2D eigenvalue weighted by atomic mass is 10.2. The third-order valence-corrected chi connectivity index (χ3v) is 3.54. The van der Waals surface area contributed by atoms with Gasteiger partial charge in [0.2, 0.25) is 0 Å². The second-order valence-corrected chi connectivity index (χ2v) is 5.42. The van der Waals surface area contributed by atoms with Crippen LogP contribution in [-0.2, 0) is 0 Å². The SMILES string of the molecule is O=C(Nc1ccc(O)cc1)c1cnc(-c2ccc(Cl)cc2)[nH]c1=O. The number of aromatic amines is 1. The molecule has 0 atom stereocenters. The number of carbonyl (C=O) groups is 1. The highest BCUT2D eigenvalue weighted by Crippen LogP contribution is 2.17. The molecule has 3 aromatic rings. The summed E-state index contributed by atoms with van der Waals surface area (Å²) < 4.78 is 0. The van der Waals surface area contributed by atoms with Crippen molar-refractivity contribution in [3.05, 3.63) is 75.7 Å². The summed E-state index contributed by atoms with van der Waals surface area (Å²) in [6, 6.07) is 12.7. The molecule has 0 bridgehead atoms. The summed E-state index contributed by atoms with van der Waals surface area (Å²) in [4.78, 5) is 31.0. The highest BCUT2D eigenvalue weighted by Gasteiger charge is 2.13. The number of hydrogen-bond acceptors (Lipinski definition) is 4. The number of benzene rings is 2. The maximum atomic E-state index is 12.2. The highest BCUT2D eigenvalue weighted by molar-refractivity contribution is 6.30. The fourth-order valence-corrected chi connectivity index (χ4v) is 2.18. The minimum absolute atomic E-state index is 0.0832. The molecule has 0 aliphatic rings. The van der Waals surface area contributed by atoms with Gasteiger partial charge in [-0.15, -0.1) is 0 Å². The number of phenols is 1. The average Bonchev–Trinajstić information content (AvgIpc) is 2.57. The molecule has 6 nitrogen and oxygen atoms in total. The van der Waals surface area contributed by atoms with Crippen LogP contribution in [0.1, 0.15) is 10.4 Å². The minimum atomic E-state index is -0.586. The second kappa shape index (κ2) is 6.55. The van der Waals surface area contributed by atoms with Crippen molar-refractivity contribution in [1.29, 1.82) is 0 Å². The zero-order valence-electron chi connectivity index (χ0n) is 12.3. The van der Waals surface area contributed by atoms with Crippen molar-refractivity contribution in [3.63, 3.8) is 0 Å². The standard InChI is InChI=1S/C17H12ClN3O3/c18-11-3-1-10(2-4-11)15-19-9-14(17(24)21-15)16(23)20-12-5-7-13(22)8-6-12/h1-9,22H,(H,20,23)(H,19,21,24). The van der Waals surface area contributed by atoms with Crippen molar-refractivity contribution in [3.8, 4) is 17.1 Å². The molecule has 0 spiro atoms. The van der Waals surface area contributed by atoms with Crippen LogP contribution in [0.25, 0.3) is 11.4 Å². The number of anilines is 1. The van der Waals surface area contributed by atoms with Crippen molar-refractivity contribution in [1.82, 2.24) is 9.97 Å². The molecule has 1 aromatic heterocycles. The topological polar surface area (TPSA) is 95.1 Å². The Bertz CT molecular complexity index is 935. The average molecular weight is 342 g/mol. The zero-order valence-corrected chi connectivity index (χ0v) is 13.0. The fraction of sp³-hybridized carbons (Fsp3) is 0. The normalized spacial score (nSPS) is 10.4. The molecule has 2 aromatic carbocycles. The molecular formula is C17H12ClN3O3. The lowest BCUT2D eigenvalue weighted by Crippen LogP contribution is -2.24. The molecule has 0 saturated carbocycles. The van der Waals surface area contributed by atoms with E-state index in [1.54, 1.807) is 24.3 Å². The van der Waals surface area contributed by atoms with Crippen LogP contribution in [-0.4, -0.2) is 21.0 Å². The predicted octanol–water partition coefficient (Wildman–Crippen LogP) is 3.05. The maximum Gasteiger partial charge on any atom is 0.264 e. The number of amides is 1. The number of nitrogens with one attached hydrogen (secondary N) is 2. The quantitative estimate of drug-likeness (QED) is 0.638. The number of nitrogens with zero attached hydrogens (tertiary/aromatic N) is 1. The molecule has 7 heteroatoms. The first-order chi connectivity index (χ1) is 11.5. The summed E-state index contributed by atoms with van der Waals surface area (Å²) in [6.07, 6.45) is 1.22. The summed E-state index contributed by atoms with van der Waals surface area (Å²) in [5.41, 5.74) is 0.480. The maximum absolute atomic E-state index is 12.2. The molecule has 3 N–H and O–H groups in total. The Morgan fingerprint density at radius 1 is 1.08 bits per heavy atom. The Balaban J connectivity index is 1.84. The Hall–Kier alpha value is -3.12. The van der Waals surface area contributed by atoms with Crippen LogP contribution in [0, 0.1) is 0 Å². The van der Waals surface area contributed by atoms with E-state index >= 15 is 0 Å². The smallest absolute Gasteiger partial charge is 0.264 e. The molecule has 24 heavy (non-hydrogen) atoms. The number of phenolic OH excluding ortho intramolecular Hbond substituents is 1. The van der Waals surface area contributed by atoms with E-state index in [2.05, 4.69) is 15.3 Å². The van der Waals surface area contributed by atoms with E-state index in [0.29, 0.717) is 22.1 Å². The molecule has 1 heterocycles.